The zero-order valence-electron chi connectivity index (χ0n) is 13.5. The Labute approximate surface area is 154 Å². The third kappa shape index (κ3) is 3.99. The molecule has 136 valence electrons. The van der Waals surface area contributed by atoms with E-state index in [-0.39, 0.29) is 11.4 Å². The highest BCUT2D eigenvalue weighted by atomic mass is 32.2. The molecule has 0 aliphatic carbocycles. The predicted octanol–water partition coefficient (Wildman–Crippen LogP) is 1.63. The molecule has 0 aliphatic heterocycles. The highest BCUT2D eigenvalue weighted by Gasteiger charge is 2.27. The quantitative estimate of drug-likeness (QED) is 0.470. The van der Waals surface area contributed by atoms with Gasteiger partial charge in [-0.25, -0.2) is 18.6 Å². The summed E-state index contributed by atoms with van der Waals surface area (Å²) in [6.45, 7) is -0.463. The Balaban J connectivity index is 1.89. The van der Waals surface area contributed by atoms with Crippen molar-refractivity contribution in [1.82, 2.24) is 19.6 Å². The van der Waals surface area contributed by atoms with Gasteiger partial charge in [-0.15, -0.1) is 0 Å². The van der Waals surface area contributed by atoms with Crippen LogP contribution < -0.4 is 5.48 Å². The Morgan fingerprint density at radius 2 is 2.04 bits per heavy atom. The Morgan fingerprint density at radius 3 is 2.62 bits per heavy atom. The van der Waals surface area contributed by atoms with Crippen LogP contribution in [0.15, 0.2) is 64.4 Å². The number of benzene rings is 1. The van der Waals surface area contributed by atoms with Crippen LogP contribution in [-0.4, -0.2) is 40.2 Å². The van der Waals surface area contributed by atoms with Gasteiger partial charge in [0, 0.05) is 18.9 Å². The number of hydroxylamine groups is 1. The Morgan fingerprint density at radius 1 is 1.27 bits per heavy atom. The van der Waals surface area contributed by atoms with Crippen molar-refractivity contribution in [3.63, 3.8) is 0 Å². The molecule has 1 amide bonds. The van der Waals surface area contributed by atoms with E-state index in [2.05, 4.69) is 5.10 Å². The lowest BCUT2D eigenvalue weighted by atomic mass is 10.3. The molecule has 0 saturated heterocycles. The maximum absolute atomic E-state index is 13.0. The van der Waals surface area contributed by atoms with Gasteiger partial charge in [0.15, 0.2) is 0 Å². The first-order valence-corrected chi connectivity index (χ1v) is 9.93. The minimum absolute atomic E-state index is 0.0279. The van der Waals surface area contributed by atoms with Gasteiger partial charge < -0.3 is 0 Å². The third-order valence-electron chi connectivity index (χ3n) is 3.63. The molecule has 1 aromatic carbocycles. The maximum Gasteiger partial charge on any atom is 0.258 e. The van der Waals surface area contributed by atoms with Crippen LogP contribution in [0.2, 0.25) is 0 Å². The van der Waals surface area contributed by atoms with Crippen molar-refractivity contribution in [3.05, 3.63) is 65.1 Å². The fraction of sp³-hybridized carbons (Fsp3) is 0.125. The van der Waals surface area contributed by atoms with Crippen molar-refractivity contribution in [1.29, 1.82) is 0 Å². The molecule has 8 nitrogen and oxygen atoms in total. The van der Waals surface area contributed by atoms with Gasteiger partial charge in [-0.2, -0.15) is 20.7 Å². The summed E-state index contributed by atoms with van der Waals surface area (Å²) >= 11 is 1.43. The van der Waals surface area contributed by atoms with Crippen LogP contribution in [0.3, 0.4) is 0 Å². The molecule has 10 heteroatoms. The third-order valence-corrected chi connectivity index (χ3v) is 6.17. The second-order valence-corrected chi connectivity index (χ2v) is 8.10. The van der Waals surface area contributed by atoms with Crippen LogP contribution in [0.5, 0.6) is 0 Å². The van der Waals surface area contributed by atoms with E-state index in [0.717, 1.165) is 9.87 Å². The zero-order valence-corrected chi connectivity index (χ0v) is 15.2. The van der Waals surface area contributed by atoms with Crippen LogP contribution >= 0.6 is 11.3 Å². The van der Waals surface area contributed by atoms with Gasteiger partial charge in [0.2, 0.25) is 10.0 Å². The highest BCUT2D eigenvalue weighted by Crippen LogP contribution is 2.20. The normalized spacial score (nSPS) is 11.6. The lowest BCUT2D eigenvalue weighted by Crippen LogP contribution is -2.39. The summed E-state index contributed by atoms with van der Waals surface area (Å²) in [5.74, 6) is -0.808. The highest BCUT2D eigenvalue weighted by molar-refractivity contribution is 7.89. The molecule has 2 heterocycles. The fourth-order valence-electron chi connectivity index (χ4n) is 2.35. The first kappa shape index (κ1) is 18.3. The summed E-state index contributed by atoms with van der Waals surface area (Å²) in [7, 11) is -3.93. The van der Waals surface area contributed by atoms with E-state index in [1.165, 1.54) is 28.9 Å². The molecule has 0 saturated carbocycles. The molecule has 3 rings (SSSR count). The molecule has 0 aliphatic rings. The molecule has 0 radical (unpaired) electrons. The van der Waals surface area contributed by atoms with Crippen molar-refractivity contribution in [3.8, 4) is 5.69 Å². The van der Waals surface area contributed by atoms with Crippen LogP contribution in [-0.2, 0) is 21.4 Å². The van der Waals surface area contributed by atoms with Crippen molar-refractivity contribution in [2.75, 3.05) is 6.54 Å². The molecular weight excluding hydrogens is 376 g/mol. The summed E-state index contributed by atoms with van der Waals surface area (Å²) in [6, 6.07) is 9.74. The number of aromatic nitrogens is 2. The Hall–Kier alpha value is -2.53. The number of carbonyl (C=O) groups excluding carboxylic acids is 1. The summed E-state index contributed by atoms with van der Waals surface area (Å²) in [5.41, 5.74) is 2.95. The van der Waals surface area contributed by atoms with Crippen molar-refractivity contribution in [2.45, 2.75) is 11.4 Å². The van der Waals surface area contributed by atoms with Crippen LogP contribution in [0, 0.1) is 0 Å². The predicted molar refractivity (Wildman–Crippen MR) is 95.4 cm³/mol. The minimum atomic E-state index is -3.93. The van der Waals surface area contributed by atoms with Gasteiger partial charge in [0.05, 0.1) is 17.1 Å². The van der Waals surface area contributed by atoms with Crippen LogP contribution in [0.25, 0.3) is 5.69 Å². The zero-order chi connectivity index (χ0) is 18.6. The van der Waals surface area contributed by atoms with E-state index in [0.29, 0.717) is 5.69 Å². The molecule has 0 atom stereocenters. The Kier molecular flexibility index (Phi) is 5.47. The van der Waals surface area contributed by atoms with Crippen molar-refractivity contribution in [2.24, 2.45) is 0 Å². The number of rotatable bonds is 7. The monoisotopic (exact) mass is 392 g/mol. The molecular formula is C16H16N4O4S2. The van der Waals surface area contributed by atoms with Gasteiger partial charge in [-0.1, -0.05) is 0 Å². The second kappa shape index (κ2) is 7.79. The number of carbonyl (C=O) groups is 1. The van der Waals surface area contributed by atoms with Crippen molar-refractivity contribution < 1.29 is 18.4 Å². The molecule has 0 spiro atoms. The van der Waals surface area contributed by atoms with Gasteiger partial charge in [0.25, 0.3) is 5.91 Å². The molecule has 2 N–H and O–H groups in total. The smallest absolute Gasteiger partial charge is 0.258 e. The number of hydrogen-bond donors (Lipinski definition) is 2. The number of thiophene rings is 1. The van der Waals surface area contributed by atoms with Gasteiger partial charge in [-0.05, 0) is 52.7 Å². The molecule has 0 bridgehead atoms. The summed E-state index contributed by atoms with van der Waals surface area (Å²) in [4.78, 5) is 11.6. The topological polar surface area (TPSA) is 105 Å². The lowest BCUT2D eigenvalue weighted by Gasteiger charge is -2.21. The Bertz CT molecular complexity index is 952. The van der Waals surface area contributed by atoms with E-state index in [4.69, 9.17) is 5.21 Å². The largest absolute Gasteiger partial charge is 0.289 e. The molecule has 3 aromatic rings. The average molecular weight is 392 g/mol. The van der Waals surface area contributed by atoms with Crippen LogP contribution in [0.1, 0.15) is 5.56 Å². The number of nitrogens with zero attached hydrogens (tertiary/aromatic N) is 3. The van der Waals surface area contributed by atoms with E-state index in [9.17, 15) is 13.2 Å². The maximum atomic E-state index is 13.0. The summed E-state index contributed by atoms with van der Waals surface area (Å²) < 4.78 is 28.5. The molecule has 0 unspecified atom stereocenters. The number of amides is 1. The number of nitrogens with one attached hydrogen (secondary N) is 1. The first-order chi connectivity index (χ1) is 12.5. The van der Waals surface area contributed by atoms with Gasteiger partial charge >= 0.3 is 0 Å². The minimum Gasteiger partial charge on any atom is -0.289 e. The SMILES string of the molecule is O=C(CN(Cc1ccsc1)S(=O)(=O)c1ccc(-n2cccn2)cc1)NO. The molecule has 2 aromatic heterocycles. The van der Waals surface area contributed by atoms with Gasteiger partial charge in [0.1, 0.15) is 0 Å². The second-order valence-electron chi connectivity index (χ2n) is 5.38. The number of hydrogen-bond acceptors (Lipinski definition) is 6. The van der Waals surface area contributed by atoms with E-state index < -0.39 is 22.5 Å². The summed E-state index contributed by atoms with van der Waals surface area (Å²) in [6.07, 6.45) is 3.37. The lowest BCUT2D eigenvalue weighted by molar-refractivity contribution is -0.129. The van der Waals surface area contributed by atoms with E-state index in [1.54, 1.807) is 46.7 Å². The summed E-state index contributed by atoms with van der Waals surface area (Å²) in [5, 5.41) is 16.5. The standard InChI is InChI=1S/C16H16N4O4S2/c21-16(18-22)11-19(10-13-6-9-25-12-13)26(23,24)15-4-2-14(3-5-15)20-8-1-7-17-20/h1-9,12,22H,10-11H2,(H,18,21). The van der Waals surface area contributed by atoms with Crippen molar-refractivity contribution >= 4 is 27.3 Å². The van der Waals surface area contributed by atoms with E-state index >= 15 is 0 Å². The fourth-order valence-corrected chi connectivity index (χ4v) is 4.39. The molecule has 26 heavy (non-hydrogen) atoms. The first-order valence-electron chi connectivity index (χ1n) is 7.55. The number of sulfonamides is 1. The van der Waals surface area contributed by atoms with Crippen LogP contribution in [0.4, 0.5) is 0 Å². The van der Waals surface area contributed by atoms with Gasteiger partial charge in [-0.3, -0.25) is 10.0 Å². The average Bonchev–Trinajstić information content (AvgIpc) is 3.35. The molecule has 0 fully saturated rings. The van der Waals surface area contributed by atoms with E-state index in [1.807, 2.05) is 5.38 Å².